The molecule has 2 rings (SSSR count). The van der Waals surface area contributed by atoms with E-state index in [0.29, 0.717) is 6.54 Å². The van der Waals surface area contributed by atoms with Gasteiger partial charge in [0.15, 0.2) is 5.69 Å². The zero-order valence-electron chi connectivity index (χ0n) is 11.0. The molecule has 1 heterocycles. The molecule has 1 N–H and O–H groups in total. The first kappa shape index (κ1) is 13.8. The number of rotatable bonds is 3. The van der Waals surface area contributed by atoms with E-state index in [1.54, 1.807) is 7.05 Å². The molecule has 0 aliphatic rings. The highest BCUT2D eigenvalue weighted by Gasteiger charge is 2.15. The van der Waals surface area contributed by atoms with Crippen LogP contribution in [0.15, 0.2) is 41.1 Å². The van der Waals surface area contributed by atoms with Crippen LogP contribution in [0.4, 0.5) is 0 Å². The molecule has 2 aromatic rings. The van der Waals surface area contributed by atoms with Crippen LogP contribution in [0.3, 0.4) is 0 Å². The summed E-state index contributed by atoms with van der Waals surface area (Å²) in [7, 11) is 1.69. The maximum Gasteiger partial charge on any atom is 0.276 e. The fraction of sp³-hybridized carbons (Fsp3) is 0.200. The van der Waals surface area contributed by atoms with E-state index in [0.717, 1.165) is 11.1 Å². The molecule has 1 aromatic carbocycles. The number of nitrogens with zero attached hydrogens (tertiary/aromatic N) is 2. The summed E-state index contributed by atoms with van der Waals surface area (Å²) in [6.07, 6.45) is 1.36. The van der Waals surface area contributed by atoms with Crippen LogP contribution in [0.5, 0.6) is 0 Å². The Hall–Kier alpha value is -2.58. The third-order valence-electron chi connectivity index (χ3n) is 2.73. The Morgan fingerprint density at radius 1 is 1.40 bits per heavy atom. The van der Waals surface area contributed by atoms with Gasteiger partial charge in [0.05, 0.1) is 0 Å². The quantitative estimate of drug-likeness (QED) is 0.853. The average molecular weight is 270 g/mol. The Labute approximate surface area is 116 Å². The molecule has 0 saturated heterocycles. The van der Waals surface area contributed by atoms with Crippen molar-refractivity contribution in [2.45, 2.75) is 6.54 Å². The lowest BCUT2D eigenvalue weighted by atomic mass is 10.1. The van der Waals surface area contributed by atoms with Gasteiger partial charge in [-0.3, -0.25) is 4.79 Å². The van der Waals surface area contributed by atoms with Crippen LogP contribution in [-0.4, -0.2) is 34.7 Å². The normalized spacial score (nSPS) is 9.70. The third kappa shape index (κ3) is 3.25. The van der Waals surface area contributed by atoms with Crippen molar-refractivity contribution in [1.82, 2.24) is 10.1 Å². The molecule has 1 aromatic heterocycles. The molecule has 0 saturated carbocycles. The predicted molar refractivity (Wildman–Crippen MR) is 72.7 cm³/mol. The maximum absolute atomic E-state index is 12.1. The standard InChI is InChI=1S/C15H14N2O3/c1-17(15(19)14-8-10-20-16-14)11-13-6-3-2-5-12(13)7-4-9-18/h2-3,5-6,8,10,18H,9,11H2,1H3. The zero-order chi connectivity index (χ0) is 14.4. The monoisotopic (exact) mass is 270 g/mol. The first-order valence-corrected chi connectivity index (χ1v) is 6.06. The van der Waals surface area contributed by atoms with Gasteiger partial charge >= 0.3 is 0 Å². The number of carbonyl (C=O) groups is 1. The minimum atomic E-state index is -0.219. The number of amides is 1. The SMILES string of the molecule is CN(Cc1ccccc1C#CCO)C(=O)c1ccon1. The minimum Gasteiger partial charge on any atom is -0.384 e. The molecule has 0 spiro atoms. The fourth-order valence-electron chi connectivity index (χ4n) is 1.76. The van der Waals surface area contributed by atoms with Crippen molar-refractivity contribution in [2.75, 3.05) is 13.7 Å². The lowest BCUT2D eigenvalue weighted by Crippen LogP contribution is -2.26. The van der Waals surface area contributed by atoms with Gasteiger partial charge in [-0.2, -0.15) is 0 Å². The summed E-state index contributed by atoms with van der Waals surface area (Å²) in [5.74, 6) is 5.26. The van der Waals surface area contributed by atoms with Crippen molar-refractivity contribution in [1.29, 1.82) is 0 Å². The lowest BCUT2D eigenvalue weighted by molar-refractivity contribution is 0.0774. The van der Waals surface area contributed by atoms with Gasteiger partial charge in [0.2, 0.25) is 0 Å². The van der Waals surface area contributed by atoms with Crippen LogP contribution >= 0.6 is 0 Å². The van der Waals surface area contributed by atoms with E-state index in [9.17, 15) is 4.79 Å². The molecule has 5 nitrogen and oxygen atoms in total. The van der Waals surface area contributed by atoms with Crippen molar-refractivity contribution in [3.8, 4) is 11.8 Å². The van der Waals surface area contributed by atoms with Crippen molar-refractivity contribution in [3.63, 3.8) is 0 Å². The summed E-state index contributed by atoms with van der Waals surface area (Å²) in [6, 6.07) is 9.02. The van der Waals surface area contributed by atoms with Gasteiger partial charge in [-0.1, -0.05) is 35.2 Å². The number of aromatic nitrogens is 1. The zero-order valence-corrected chi connectivity index (χ0v) is 11.0. The molecular weight excluding hydrogens is 256 g/mol. The average Bonchev–Trinajstić information content (AvgIpc) is 2.99. The highest BCUT2D eigenvalue weighted by atomic mass is 16.5. The molecule has 0 fully saturated rings. The molecule has 0 radical (unpaired) electrons. The summed E-state index contributed by atoms with van der Waals surface area (Å²) in [4.78, 5) is 13.6. The summed E-state index contributed by atoms with van der Waals surface area (Å²) in [6.45, 7) is 0.212. The first-order valence-electron chi connectivity index (χ1n) is 6.06. The number of hydrogen-bond acceptors (Lipinski definition) is 4. The second kappa shape index (κ2) is 6.55. The molecule has 0 atom stereocenters. The van der Waals surface area contributed by atoms with Gasteiger partial charge in [0.1, 0.15) is 12.9 Å². The molecule has 0 aliphatic carbocycles. The van der Waals surface area contributed by atoms with E-state index in [-0.39, 0.29) is 18.2 Å². The Bertz CT molecular complexity index is 639. The van der Waals surface area contributed by atoms with Crippen LogP contribution in [0, 0.1) is 11.8 Å². The predicted octanol–water partition coefficient (Wildman–Crippen LogP) is 1.29. The van der Waals surface area contributed by atoms with Crippen LogP contribution in [0.2, 0.25) is 0 Å². The summed E-state index contributed by atoms with van der Waals surface area (Å²) >= 11 is 0. The fourth-order valence-corrected chi connectivity index (χ4v) is 1.76. The van der Waals surface area contributed by atoms with Crippen molar-refractivity contribution in [2.24, 2.45) is 0 Å². The molecule has 20 heavy (non-hydrogen) atoms. The molecule has 0 aliphatic heterocycles. The molecule has 1 amide bonds. The minimum absolute atomic E-state index is 0.192. The van der Waals surface area contributed by atoms with Gasteiger partial charge in [0.25, 0.3) is 5.91 Å². The Kier molecular flexibility index (Phi) is 4.53. The second-order valence-corrected chi connectivity index (χ2v) is 4.16. The number of aliphatic hydroxyl groups excluding tert-OH is 1. The summed E-state index contributed by atoms with van der Waals surface area (Å²) in [5, 5.41) is 12.4. The highest BCUT2D eigenvalue weighted by molar-refractivity contribution is 5.91. The van der Waals surface area contributed by atoms with E-state index >= 15 is 0 Å². The van der Waals surface area contributed by atoms with Crippen LogP contribution < -0.4 is 0 Å². The van der Waals surface area contributed by atoms with E-state index in [4.69, 9.17) is 5.11 Å². The van der Waals surface area contributed by atoms with Crippen LogP contribution in [0.1, 0.15) is 21.6 Å². The Morgan fingerprint density at radius 3 is 2.90 bits per heavy atom. The third-order valence-corrected chi connectivity index (χ3v) is 2.73. The summed E-state index contributed by atoms with van der Waals surface area (Å²) < 4.78 is 4.67. The topological polar surface area (TPSA) is 66.6 Å². The number of carbonyl (C=O) groups excluding carboxylic acids is 1. The first-order chi connectivity index (χ1) is 9.72. The van der Waals surface area contributed by atoms with Gasteiger partial charge in [-0.25, -0.2) is 0 Å². The van der Waals surface area contributed by atoms with Crippen molar-refractivity contribution < 1.29 is 14.4 Å². The number of benzene rings is 1. The van der Waals surface area contributed by atoms with Crippen LogP contribution in [-0.2, 0) is 6.54 Å². The molecule has 102 valence electrons. The van der Waals surface area contributed by atoms with Crippen LogP contribution in [0.25, 0.3) is 0 Å². The van der Waals surface area contributed by atoms with Gasteiger partial charge in [-0.15, -0.1) is 0 Å². The lowest BCUT2D eigenvalue weighted by Gasteiger charge is -2.16. The van der Waals surface area contributed by atoms with E-state index < -0.39 is 0 Å². The molecule has 5 heteroatoms. The smallest absolute Gasteiger partial charge is 0.276 e. The van der Waals surface area contributed by atoms with E-state index in [1.165, 1.54) is 17.2 Å². The van der Waals surface area contributed by atoms with Crippen molar-refractivity contribution >= 4 is 5.91 Å². The van der Waals surface area contributed by atoms with Crippen molar-refractivity contribution in [3.05, 3.63) is 53.4 Å². The largest absolute Gasteiger partial charge is 0.384 e. The number of hydrogen-bond donors (Lipinski definition) is 1. The molecular formula is C15H14N2O3. The van der Waals surface area contributed by atoms with E-state index in [2.05, 4.69) is 21.5 Å². The van der Waals surface area contributed by atoms with Gasteiger partial charge in [0, 0.05) is 25.2 Å². The number of aliphatic hydroxyl groups is 1. The maximum atomic E-state index is 12.1. The summed E-state index contributed by atoms with van der Waals surface area (Å²) in [5.41, 5.74) is 1.97. The molecule has 0 unspecified atom stereocenters. The van der Waals surface area contributed by atoms with E-state index in [1.807, 2.05) is 24.3 Å². The highest BCUT2D eigenvalue weighted by Crippen LogP contribution is 2.11. The van der Waals surface area contributed by atoms with Gasteiger partial charge < -0.3 is 14.5 Å². The Balaban J connectivity index is 2.15. The molecule has 0 bridgehead atoms. The second-order valence-electron chi connectivity index (χ2n) is 4.16. The van der Waals surface area contributed by atoms with Gasteiger partial charge in [-0.05, 0) is 11.6 Å². The Morgan fingerprint density at radius 2 is 2.20 bits per heavy atom.